The lowest BCUT2D eigenvalue weighted by Gasteiger charge is -2.12. The third-order valence-electron chi connectivity index (χ3n) is 3.11. The molecule has 0 spiro atoms. The van der Waals surface area contributed by atoms with Crippen LogP contribution in [0.4, 0.5) is 0 Å². The highest BCUT2D eigenvalue weighted by Gasteiger charge is 2.11. The number of nitrogens with zero attached hydrogens (tertiary/aromatic N) is 5. The second-order valence-corrected chi connectivity index (χ2v) is 5.17. The van der Waals surface area contributed by atoms with Crippen LogP contribution < -0.4 is 22.6 Å². The first-order valence-corrected chi connectivity index (χ1v) is 7.03. The van der Waals surface area contributed by atoms with Crippen molar-refractivity contribution in [1.82, 2.24) is 28.7 Å². The van der Waals surface area contributed by atoms with E-state index in [1.54, 1.807) is 0 Å². The number of aromatic nitrogens is 6. The van der Waals surface area contributed by atoms with Gasteiger partial charge in [0.25, 0.3) is 5.56 Å². The molecule has 3 aromatic rings. The van der Waals surface area contributed by atoms with E-state index in [2.05, 4.69) is 9.97 Å². The Morgan fingerprint density at radius 2 is 1.83 bits per heavy atom. The summed E-state index contributed by atoms with van der Waals surface area (Å²) in [6.45, 7) is 1.54. The van der Waals surface area contributed by atoms with E-state index in [1.165, 1.54) is 37.6 Å². The SMILES string of the molecule is Cc1cc(=O)n(-n2ccc(=S)n(-n3cccnc3=O)c2=O)c(=O)[nH]1. The quantitative estimate of drug-likeness (QED) is 0.578. The largest absolute Gasteiger partial charge is 0.368 e. The molecule has 3 heterocycles. The van der Waals surface area contributed by atoms with Crippen molar-refractivity contribution < 1.29 is 0 Å². The second-order valence-electron chi connectivity index (χ2n) is 4.75. The van der Waals surface area contributed by atoms with Crippen LogP contribution in [0.3, 0.4) is 0 Å². The number of rotatable bonds is 2. The molecule has 0 aliphatic rings. The molecule has 0 saturated heterocycles. The van der Waals surface area contributed by atoms with Gasteiger partial charge >= 0.3 is 17.1 Å². The van der Waals surface area contributed by atoms with Crippen LogP contribution in [0, 0.1) is 11.6 Å². The molecule has 3 rings (SSSR count). The maximum Gasteiger partial charge on any atom is 0.368 e. The molecule has 0 saturated carbocycles. The summed E-state index contributed by atoms with van der Waals surface area (Å²) >= 11 is 5.07. The van der Waals surface area contributed by atoms with Gasteiger partial charge in [-0.15, -0.1) is 0 Å². The van der Waals surface area contributed by atoms with Crippen molar-refractivity contribution in [1.29, 1.82) is 0 Å². The summed E-state index contributed by atoms with van der Waals surface area (Å²) in [7, 11) is 0. The Hall–Kier alpha value is -3.34. The lowest BCUT2D eigenvalue weighted by Crippen LogP contribution is -2.48. The molecule has 0 radical (unpaired) electrons. The Morgan fingerprint density at radius 1 is 1.08 bits per heavy atom. The number of H-pyrrole nitrogens is 1. The standard InChI is InChI=1S/C13H10N6O4S/c1-8-7-9(20)18(12(22)15-8)17-6-3-10(24)19(13(17)23)16-5-2-4-14-11(16)21/h2-7H,1H3,(H,15,22). The van der Waals surface area contributed by atoms with E-state index in [9.17, 15) is 19.2 Å². The van der Waals surface area contributed by atoms with Crippen LogP contribution >= 0.6 is 12.2 Å². The maximum absolute atomic E-state index is 12.7. The first-order valence-electron chi connectivity index (χ1n) is 6.63. The molecule has 1 N–H and O–H groups in total. The molecule has 3 aromatic heterocycles. The minimum Gasteiger partial charge on any atom is -0.310 e. The fourth-order valence-corrected chi connectivity index (χ4v) is 2.35. The van der Waals surface area contributed by atoms with E-state index in [4.69, 9.17) is 12.2 Å². The monoisotopic (exact) mass is 346 g/mol. The topological polar surface area (TPSA) is 117 Å². The fraction of sp³-hybridized carbons (Fsp3) is 0.0769. The summed E-state index contributed by atoms with van der Waals surface area (Å²) in [5.74, 6) is 0. The lowest BCUT2D eigenvalue weighted by molar-refractivity contribution is 0.474. The van der Waals surface area contributed by atoms with Crippen LogP contribution in [0.5, 0.6) is 0 Å². The zero-order chi connectivity index (χ0) is 17.4. The first-order chi connectivity index (χ1) is 11.4. The van der Waals surface area contributed by atoms with Crippen molar-refractivity contribution in [2.45, 2.75) is 6.92 Å². The smallest absolute Gasteiger partial charge is 0.310 e. The van der Waals surface area contributed by atoms with Gasteiger partial charge in [0.1, 0.15) is 4.64 Å². The van der Waals surface area contributed by atoms with Gasteiger partial charge < -0.3 is 4.98 Å². The predicted octanol–water partition coefficient (Wildman–Crippen LogP) is -1.28. The van der Waals surface area contributed by atoms with Crippen LogP contribution in [-0.4, -0.2) is 28.7 Å². The number of nitrogens with one attached hydrogen (secondary N) is 1. The number of aryl methyl sites for hydroxylation is 1. The number of aromatic amines is 1. The minimum absolute atomic E-state index is 0.00272. The Labute approximate surface area is 137 Å². The number of hydrogen-bond donors (Lipinski definition) is 1. The molecule has 0 amide bonds. The molecule has 11 heteroatoms. The van der Waals surface area contributed by atoms with Gasteiger partial charge in [0, 0.05) is 30.4 Å². The molecule has 24 heavy (non-hydrogen) atoms. The molecule has 10 nitrogen and oxygen atoms in total. The fourth-order valence-electron chi connectivity index (χ4n) is 2.12. The molecule has 0 aliphatic heterocycles. The van der Waals surface area contributed by atoms with Crippen molar-refractivity contribution in [3.63, 3.8) is 0 Å². The van der Waals surface area contributed by atoms with E-state index in [0.717, 1.165) is 20.1 Å². The van der Waals surface area contributed by atoms with E-state index >= 15 is 0 Å². The van der Waals surface area contributed by atoms with Crippen LogP contribution in [0.2, 0.25) is 0 Å². The summed E-state index contributed by atoms with van der Waals surface area (Å²) in [5, 5.41) is 0. The minimum atomic E-state index is -0.881. The molecule has 0 aliphatic carbocycles. The zero-order valence-corrected chi connectivity index (χ0v) is 13.1. The second kappa shape index (κ2) is 5.70. The Balaban J connectivity index is 2.42. The average molecular weight is 346 g/mol. The predicted molar refractivity (Wildman–Crippen MR) is 85.7 cm³/mol. The van der Waals surface area contributed by atoms with E-state index in [0.29, 0.717) is 10.4 Å². The van der Waals surface area contributed by atoms with Gasteiger partial charge in [0.2, 0.25) is 0 Å². The Kier molecular flexibility index (Phi) is 3.69. The lowest BCUT2D eigenvalue weighted by atomic mass is 10.5. The molecule has 0 bridgehead atoms. The summed E-state index contributed by atoms with van der Waals surface area (Å²) in [5.41, 5.74) is -2.78. The summed E-state index contributed by atoms with van der Waals surface area (Å²) in [4.78, 5) is 54.6. The third kappa shape index (κ3) is 2.46. The van der Waals surface area contributed by atoms with Gasteiger partial charge in [-0.05, 0) is 19.1 Å². The van der Waals surface area contributed by atoms with Crippen molar-refractivity contribution in [2.24, 2.45) is 0 Å². The van der Waals surface area contributed by atoms with Gasteiger partial charge in [-0.3, -0.25) is 4.79 Å². The van der Waals surface area contributed by atoms with E-state index < -0.39 is 22.6 Å². The van der Waals surface area contributed by atoms with E-state index in [-0.39, 0.29) is 4.64 Å². The highest BCUT2D eigenvalue weighted by Crippen LogP contribution is 1.90. The molecule has 0 unspecified atom stereocenters. The van der Waals surface area contributed by atoms with Crippen LogP contribution in [0.15, 0.2) is 56.0 Å². The highest BCUT2D eigenvalue weighted by molar-refractivity contribution is 7.71. The van der Waals surface area contributed by atoms with Gasteiger partial charge in [-0.1, -0.05) is 12.2 Å². The molecule has 0 fully saturated rings. The molecule has 122 valence electrons. The molecule has 0 aromatic carbocycles. The van der Waals surface area contributed by atoms with Crippen LogP contribution in [-0.2, 0) is 0 Å². The van der Waals surface area contributed by atoms with Gasteiger partial charge in [0.05, 0.1) is 0 Å². The van der Waals surface area contributed by atoms with Crippen LogP contribution in [0.25, 0.3) is 0 Å². The summed E-state index contributed by atoms with van der Waals surface area (Å²) in [6.07, 6.45) is 3.73. The average Bonchev–Trinajstić information content (AvgIpc) is 2.50. The number of hydrogen-bond acceptors (Lipinski definition) is 6. The third-order valence-corrected chi connectivity index (χ3v) is 3.42. The summed E-state index contributed by atoms with van der Waals surface area (Å²) in [6, 6.07) is 3.91. The normalized spacial score (nSPS) is 10.7. The Morgan fingerprint density at radius 3 is 2.50 bits per heavy atom. The summed E-state index contributed by atoms with van der Waals surface area (Å²) < 4.78 is 3.07. The van der Waals surface area contributed by atoms with Crippen molar-refractivity contribution in [3.05, 3.63) is 88.9 Å². The highest BCUT2D eigenvalue weighted by atomic mass is 32.1. The van der Waals surface area contributed by atoms with Crippen LogP contribution in [0.1, 0.15) is 5.69 Å². The molecular formula is C13H10N6O4S. The molecule has 0 atom stereocenters. The van der Waals surface area contributed by atoms with Gasteiger partial charge in [-0.2, -0.15) is 18.7 Å². The first kappa shape index (κ1) is 15.6. The Bertz CT molecular complexity index is 1200. The van der Waals surface area contributed by atoms with Gasteiger partial charge in [-0.25, -0.2) is 19.4 Å². The van der Waals surface area contributed by atoms with Crippen molar-refractivity contribution in [3.8, 4) is 0 Å². The van der Waals surface area contributed by atoms with E-state index in [1.807, 2.05) is 0 Å². The molecular weight excluding hydrogens is 336 g/mol. The van der Waals surface area contributed by atoms with Crippen molar-refractivity contribution >= 4 is 12.2 Å². The maximum atomic E-state index is 12.7. The van der Waals surface area contributed by atoms with Gasteiger partial charge in [0.15, 0.2) is 0 Å². The van der Waals surface area contributed by atoms with Crippen molar-refractivity contribution in [2.75, 3.05) is 0 Å². The zero-order valence-electron chi connectivity index (χ0n) is 12.2.